The largest absolute Gasteiger partial charge is 0.456 e. The van der Waals surface area contributed by atoms with E-state index in [0.29, 0.717) is 29.6 Å². The molecule has 3 heterocycles. The molecule has 0 N–H and O–H groups in total. The number of hydrogen-bond acceptors (Lipinski definition) is 10. The van der Waals surface area contributed by atoms with E-state index in [1.807, 2.05) is 0 Å². The van der Waals surface area contributed by atoms with Crippen LogP contribution in [0.2, 0.25) is 5.15 Å². The van der Waals surface area contributed by atoms with Gasteiger partial charge >= 0.3 is 17.9 Å². The first kappa shape index (κ1) is 23.2. The molecule has 11 nitrogen and oxygen atoms in total. The van der Waals surface area contributed by atoms with Crippen molar-refractivity contribution in [2.75, 3.05) is 0 Å². The molecule has 182 valence electrons. The molecule has 2 aromatic heterocycles. The molecule has 0 radical (unpaired) electrons. The molecule has 5 rings (SSSR count). The number of nitrogens with zero attached hydrogens (tertiary/aromatic N) is 4. The van der Waals surface area contributed by atoms with E-state index in [1.54, 1.807) is 30.3 Å². The molecule has 35 heavy (non-hydrogen) atoms. The van der Waals surface area contributed by atoms with Gasteiger partial charge in [-0.3, -0.25) is 14.2 Å². The lowest BCUT2D eigenvalue weighted by atomic mass is 9.72. The molecule has 1 aromatic carbocycles. The summed E-state index contributed by atoms with van der Waals surface area (Å²) in [6.45, 7) is 2.49. The van der Waals surface area contributed by atoms with Crippen LogP contribution in [-0.2, 0) is 28.5 Å². The lowest BCUT2D eigenvalue weighted by Crippen LogP contribution is -2.62. The summed E-state index contributed by atoms with van der Waals surface area (Å²) in [7, 11) is 0. The quantitative estimate of drug-likeness (QED) is 0.292. The molecular formula is C23H21ClN4O7. The predicted octanol–water partition coefficient (Wildman–Crippen LogP) is 2.63. The third kappa shape index (κ3) is 4.00. The van der Waals surface area contributed by atoms with Crippen LogP contribution in [0.3, 0.4) is 0 Å². The van der Waals surface area contributed by atoms with Crippen LogP contribution in [0.5, 0.6) is 0 Å². The van der Waals surface area contributed by atoms with Gasteiger partial charge in [-0.05, 0) is 25.0 Å². The van der Waals surface area contributed by atoms with Gasteiger partial charge in [0.2, 0.25) is 0 Å². The molecule has 1 saturated heterocycles. The first-order chi connectivity index (χ1) is 16.8. The first-order valence-corrected chi connectivity index (χ1v) is 11.3. The summed E-state index contributed by atoms with van der Waals surface area (Å²) in [6, 6.07) is 8.52. The van der Waals surface area contributed by atoms with E-state index >= 15 is 0 Å². The van der Waals surface area contributed by atoms with Gasteiger partial charge < -0.3 is 18.9 Å². The van der Waals surface area contributed by atoms with Crippen molar-refractivity contribution in [3.8, 4) is 0 Å². The second-order valence-electron chi connectivity index (χ2n) is 8.35. The van der Waals surface area contributed by atoms with Gasteiger partial charge in [0.1, 0.15) is 23.5 Å². The highest BCUT2D eigenvalue weighted by molar-refractivity contribution is 6.33. The number of aromatic nitrogens is 4. The Morgan fingerprint density at radius 2 is 1.80 bits per heavy atom. The first-order valence-electron chi connectivity index (χ1n) is 10.9. The maximum Gasteiger partial charge on any atom is 0.338 e. The molecule has 1 aliphatic heterocycles. The van der Waals surface area contributed by atoms with Crippen LogP contribution in [-0.4, -0.2) is 61.3 Å². The summed E-state index contributed by atoms with van der Waals surface area (Å²) in [6.07, 6.45) is -0.297. The second kappa shape index (κ2) is 8.90. The minimum atomic E-state index is -1.24. The predicted molar refractivity (Wildman–Crippen MR) is 119 cm³/mol. The van der Waals surface area contributed by atoms with Crippen molar-refractivity contribution in [1.29, 1.82) is 0 Å². The molecule has 1 spiro atoms. The zero-order valence-electron chi connectivity index (χ0n) is 18.8. The maximum atomic E-state index is 12.8. The third-order valence-electron chi connectivity index (χ3n) is 6.19. The number of carbonyl (C=O) groups excluding carboxylic acids is 3. The molecule has 12 heteroatoms. The molecule has 0 amide bonds. The summed E-state index contributed by atoms with van der Waals surface area (Å²) < 4.78 is 25.0. The highest BCUT2D eigenvalue weighted by Crippen LogP contribution is 2.53. The van der Waals surface area contributed by atoms with E-state index in [0.717, 1.165) is 0 Å². The molecule has 0 bridgehead atoms. The average molecular weight is 501 g/mol. The van der Waals surface area contributed by atoms with Gasteiger partial charge in [0.15, 0.2) is 29.2 Å². The van der Waals surface area contributed by atoms with Crippen LogP contribution in [0.1, 0.15) is 43.3 Å². The molecule has 3 aromatic rings. The Morgan fingerprint density at radius 1 is 1.06 bits per heavy atom. The third-order valence-corrected chi connectivity index (χ3v) is 6.46. The second-order valence-corrected chi connectivity index (χ2v) is 8.71. The van der Waals surface area contributed by atoms with Crippen LogP contribution in [0.15, 0.2) is 43.0 Å². The zero-order chi connectivity index (χ0) is 24.7. The highest BCUT2D eigenvalue weighted by Gasteiger charge is 2.68. The Balaban J connectivity index is 1.54. The van der Waals surface area contributed by atoms with Gasteiger partial charge in [0.05, 0.1) is 11.9 Å². The number of esters is 3. The number of hydrogen-bond donors (Lipinski definition) is 0. The summed E-state index contributed by atoms with van der Waals surface area (Å²) in [5, 5.41) is 0.139. The fourth-order valence-corrected chi connectivity index (χ4v) is 4.78. The van der Waals surface area contributed by atoms with E-state index in [9.17, 15) is 14.4 Å². The van der Waals surface area contributed by atoms with Gasteiger partial charge in [-0.1, -0.05) is 29.8 Å². The Kier molecular flexibility index (Phi) is 5.89. The molecule has 1 unspecified atom stereocenters. The molecule has 2 aliphatic rings. The van der Waals surface area contributed by atoms with Crippen molar-refractivity contribution in [2.24, 2.45) is 0 Å². The lowest BCUT2D eigenvalue weighted by molar-refractivity contribution is -0.221. The zero-order valence-corrected chi connectivity index (χ0v) is 19.5. The number of benzene rings is 1. The van der Waals surface area contributed by atoms with Crippen molar-refractivity contribution in [3.05, 3.63) is 53.7 Å². The van der Waals surface area contributed by atoms with Crippen molar-refractivity contribution in [2.45, 2.75) is 56.8 Å². The van der Waals surface area contributed by atoms with Crippen LogP contribution in [0.25, 0.3) is 11.2 Å². The normalized spacial score (nSPS) is 27.4. The molecule has 5 atom stereocenters. The van der Waals surface area contributed by atoms with Gasteiger partial charge in [-0.15, -0.1) is 0 Å². The van der Waals surface area contributed by atoms with Crippen LogP contribution in [0.4, 0.5) is 0 Å². The molecular weight excluding hydrogens is 480 g/mol. The van der Waals surface area contributed by atoms with E-state index in [2.05, 4.69) is 15.0 Å². The van der Waals surface area contributed by atoms with Gasteiger partial charge in [0, 0.05) is 13.8 Å². The Morgan fingerprint density at radius 3 is 2.46 bits per heavy atom. The highest BCUT2D eigenvalue weighted by atomic mass is 35.5. The fraction of sp³-hybridized carbons (Fsp3) is 0.391. The number of imidazole rings is 1. The summed E-state index contributed by atoms with van der Waals surface area (Å²) >= 11 is 6.15. The van der Waals surface area contributed by atoms with Crippen LogP contribution in [0, 0.1) is 0 Å². The number of halogens is 1. The van der Waals surface area contributed by atoms with Crippen LogP contribution < -0.4 is 0 Å². The van der Waals surface area contributed by atoms with E-state index in [1.165, 1.54) is 31.1 Å². The summed E-state index contributed by atoms with van der Waals surface area (Å²) in [4.78, 5) is 49.3. The van der Waals surface area contributed by atoms with Crippen molar-refractivity contribution in [1.82, 2.24) is 19.5 Å². The molecule has 1 saturated carbocycles. The van der Waals surface area contributed by atoms with Gasteiger partial charge in [-0.25, -0.2) is 19.7 Å². The van der Waals surface area contributed by atoms with Crippen molar-refractivity contribution < 1.29 is 33.3 Å². The van der Waals surface area contributed by atoms with Gasteiger partial charge in [0.25, 0.3) is 0 Å². The van der Waals surface area contributed by atoms with E-state index in [-0.39, 0.29) is 5.15 Å². The van der Waals surface area contributed by atoms with E-state index in [4.69, 9.17) is 30.5 Å². The minimum Gasteiger partial charge on any atom is -0.456 e. The minimum absolute atomic E-state index is 0.139. The SMILES string of the molecule is CC(=O)OC1[C@H](OC(C)=O)[C@H](n2cnc3c(Cl)ncnc32)O[C@]12CC[C@@H]2OC(=O)c1ccccc1. The standard InChI is InChI=1S/C23H21ClN4O7/c1-12(29)32-17-18(33-13(2)30)23(9-8-15(23)34-22(31)14-6-4-3-5-7-14)35-21(17)28-11-27-16-19(24)25-10-26-20(16)28/h3-7,10-11,15,17-18,21H,8-9H2,1-2H3/t15-,17-,18?,21+,23-/m0/s1. The maximum absolute atomic E-state index is 12.8. The number of rotatable bonds is 5. The fourth-order valence-electron chi connectivity index (χ4n) is 4.61. The Bertz CT molecular complexity index is 1300. The average Bonchev–Trinajstić information content (AvgIpc) is 3.38. The van der Waals surface area contributed by atoms with E-state index < -0.39 is 48.0 Å². The Hall–Kier alpha value is -3.57. The summed E-state index contributed by atoms with van der Waals surface area (Å²) in [5.41, 5.74) is -0.210. The lowest BCUT2D eigenvalue weighted by Gasteiger charge is -2.47. The van der Waals surface area contributed by atoms with Crippen molar-refractivity contribution >= 4 is 40.7 Å². The topological polar surface area (TPSA) is 132 Å². The summed E-state index contributed by atoms with van der Waals surface area (Å²) in [5.74, 6) is -1.75. The number of ether oxygens (including phenoxy) is 4. The smallest absolute Gasteiger partial charge is 0.338 e. The van der Waals surface area contributed by atoms with Crippen molar-refractivity contribution in [3.63, 3.8) is 0 Å². The molecule has 2 fully saturated rings. The Labute approximate surface area is 204 Å². The van der Waals surface area contributed by atoms with Crippen LogP contribution >= 0.6 is 11.6 Å². The molecule has 1 aliphatic carbocycles. The number of fused-ring (bicyclic) bond motifs is 1. The number of carbonyl (C=O) groups is 3. The monoisotopic (exact) mass is 500 g/mol. The van der Waals surface area contributed by atoms with Gasteiger partial charge in [-0.2, -0.15) is 0 Å².